The first-order valence-electron chi connectivity index (χ1n) is 7.16. The number of aliphatic hydroxyl groups is 2. The third-order valence-corrected chi connectivity index (χ3v) is 4.98. The Hall–Kier alpha value is -0.520. The molecular weight excluding hydrogens is 506 g/mol. The summed E-state index contributed by atoms with van der Waals surface area (Å²) in [4.78, 5) is 0. The molecule has 14 heteroatoms. The second kappa shape index (κ2) is 8.20. The van der Waals surface area contributed by atoms with E-state index in [-0.39, 0.29) is 0 Å². The third kappa shape index (κ3) is 5.40. The van der Waals surface area contributed by atoms with Crippen molar-refractivity contribution in [2.75, 3.05) is 0 Å². The number of rotatable bonds is 8. The Morgan fingerprint density at radius 2 is 1.10 bits per heavy atom. The minimum absolute atomic E-state index is 0.515. The van der Waals surface area contributed by atoms with Crippen molar-refractivity contribution in [1.82, 2.24) is 0 Å². The predicted octanol–water partition coefficient (Wildman–Crippen LogP) is 6.25. The molecule has 0 heterocycles. The molecule has 0 fully saturated rings. The van der Waals surface area contributed by atoms with Crippen LogP contribution in [-0.2, 0) is 0 Å². The lowest BCUT2D eigenvalue weighted by atomic mass is 9.87. The SMILES string of the molecule is OC(C=C(CC(O)(C(F)(F)Cl)C(F)(F)Cl)c1ccccc1)(C(F)(F)Cl)C(F)(F)Cl. The van der Waals surface area contributed by atoms with Crippen LogP contribution in [0.5, 0.6) is 0 Å². The van der Waals surface area contributed by atoms with Gasteiger partial charge in [0.1, 0.15) is 0 Å². The van der Waals surface area contributed by atoms with E-state index in [1.165, 1.54) is 6.07 Å². The van der Waals surface area contributed by atoms with Crippen LogP contribution in [0.15, 0.2) is 36.4 Å². The largest absolute Gasteiger partial charge is 0.376 e. The third-order valence-electron chi connectivity index (χ3n) is 3.78. The second-order valence-electron chi connectivity index (χ2n) is 5.83. The normalized spacial score (nSPS) is 15.6. The van der Waals surface area contributed by atoms with Crippen molar-refractivity contribution in [3.63, 3.8) is 0 Å². The smallest absolute Gasteiger partial charge is 0.360 e. The Morgan fingerprint density at radius 3 is 1.41 bits per heavy atom. The summed E-state index contributed by atoms with van der Waals surface area (Å²) in [5.74, 6) is 0. The lowest BCUT2D eigenvalue weighted by Crippen LogP contribution is -2.57. The molecule has 0 aliphatic heterocycles. The Balaban J connectivity index is 3.81. The van der Waals surface area contributed by atoms with Gasteiger partial charge in [0.15, 0.2) is 0 Å². The van der Waals surface area contributed by atoms with E-state index in [1.807, 2.05) is 0 Å². The number of alkyl halides is 12. The van der Waals surface area contributed by atoms with E-state index in [1.54, 1.807) is 0 Å². The summed E-state index contributed by atoms with van der Waals surface area (Å²) >= 11 is 18.1. The molecule has 1 rings (SSSR count). The number of halogens is 12. The molecule has 2 N–H and O–H groups in total. The molecule has 1 aromatic rings. The van der Waals surface area contributed by atoms with Crippen LogP contribution in [0.4, 0.5) is 35.1 Å². The molecule has 2 nitrogen and oxygen atoms in total. The lowest BCUT2D eigenvalue weighted by Gasteiger charge is -2.37. The molecule has 1 aromatic carbocycles. The average molecular weight is 516 g/mol. The molecular formula is C15H10Cl4F8O2. The summed E-state index contributed by atoms with van der Waals surface area (Å²) in [6, 6.07) is 5.42. The standard InChI is InChI=1S/C15H10Cl4F8O2/c16-12(20,21)10(28,13(17,22)23)6-9(8-4-2-1-3-5-8)7-11(29,14(18,24)25)15(19,26)27/h1-6,28-29H,7H2. The average Bonchev–Trinajstić information content (AvgIpc) is 2.50. The van der Waals surface area contributed by atoms with Gasteiger partial charge in [-0.05, 0) is 63.6 Å². The molecule has 0 radical (unpaired) electrons. The van der Waals surface area contributed by atoms with E-state index < -0.39 is 56.4 Å². The summed E-state index contributed by atoms with van der Waals surface area (Å²) in [5, 5.41) is -1.26. The van der Waals surface area contributed by atoms with Crippen LogP contribution in [0.2, 0.25) is 0 Å². The first-order chi connectivity index (χ1) is 12.7. The first kappa shape index (κ1) is 26.5. The van der Waals surface area contributed by atoms with E-state index in [9.17, 15) is 45.3 Å². The van der Waals surface area contributed by atoms with Crippen LogP contribution in [0.25, 0.3) is 5.57 Å². The van der Waals surface area contributed by atoms with E-state index in [4.69, 9.17) is 0 Å². The van der Waals surface area contributed by atoms with Crippen LogP contribution in [0.1, 0.15) is 12.0 Å². The fourth-order valence-electron chi connectivity index (χ4n) is 2.10. The molecule has 0 saturated carbocycles. The fourth-order valence-corrected chi connectivity index (χ4v) is 2.92. The summed E-state index contributed by atoms with van der Waals surface area (Å²) in [5.41, 5.74) is -11.2. The first-order valence-corrected chi connectivity index (χ1v) is 8.67. The van der Waals surface area contributed by atoms with Crippen molar-refractivity contribution in [3.8, 4) is 0 Å². The predicted molar refractivity (Wildman–Crippen MR) is 92.1 cm³/mol. The van der Waals surface area contributed by atoms with Gasteiger partial charge >= 0.3 is 21.5 Å². The minimum atomic E-state index is -5.22. The summed E-state index contributed by atoms with van der Waals surface area (Å²) in [6.07, 6.45) is -2.59. The van der Waals surface area contributed by atoms with Gasteiger partial charge in [0.05, 0.1) is 0 Å². The van der Waals surface area contributed by atoms with Gasteiger partial charge in [-0.25, -0.2) is 0 Å². The van der Waals surface area contributed by atoms with Crippen LogP contribution >= 0.6 is 46.4 Å². The minimum Gasteiger partial charge on any atom is -0.376 e. The molecule has 166 valence electrons. The monoisotopic (exact) mass is 514 g/mol. The highest BCUT2D eigenvalue weighted by Gasteiger charge is 2.68. The lowest BCUT2D eigenvalue weighted by molar-refractivity contribution is -0.214. The Labute approximate surface area is 178 Å². The van der Waals surface area contributed by atoms with Gasteiger partial charge in [-0.1, -0.05) is 30.3 Å². The highest BCUT2D eigenvalue weighted by molar-refractivity contribution is 6.27. The van der Waals surface area contributed by atoms with Gasteiger partial charge in [0.25, 0.3) is 0 Å². The van der Waals surface area contributed by atoms with Gasteiger partial charge in [-0.2, -0.15) is 35.1 Å². The van der Waals surface area contributed by atoms with E-state index in [0.29, 0.717) is 0 Å². The topological polar surface area (TPSA) is 40.5 Å². The van der Waals surface area contributed by atoms with Gasteiger partial charge in [0, 0.05) is 6.42 Å². The van der Waals surface area contributed by atoms with Crippen molar-refractivity contribution < 1.29 is 45.3 Å². The van der Waals surface area contributed by atoms with Gasteiger partial charge in [-0.3, -0.25) is 0 Å². The van der Waals surface area contributed by atoms with Gasteiger partial charge in [-0.15, -0.1) is 0 Å². The Kier molecular flexibility index (Phi) is 7.50. The molecule has 0 aliphatic rings. The molecule has 0 amide bonds. The van der Waals surface area contributed by atoms with Gasteiger partial charge in [0.2, 0.25) is 11.2 Å². The van der Waals surface area contributed by atoms with Crippen LogP contribution in [-0.4, -0.2) is 42.9 Å². The van der Waals surface area contributed by atoms with Crippen LogP contribution in [0, 0.1) is 0 Å². The van der Waals surface area contributed by atoms with Crippen LogP contribution in [0.3, 0.4) is 0 Å². The zero-order valence-corrected chi connectivity index (χ0v) is 16.6. The highest BCUT2D eigenvalue weighted by atomic mass is 35.5. The molecule has 0 atom stereocenters. The number of hydrogen-bond donors (Lipinski definition) is 2. The van der Waals surface area contributed by atoms with Gasteiger partial charge < -0.3 is 10.2 Å². The molecule has 0 spiro atoms. The molecule has 0 bridgehead atoms. The number of benzene rings is 1. The van der Waals surface area contributed by atoms with Crippen molar-refractivity contribution in [3.05, 3.63) is 42.0 Å². The summed E-state index contributed by atoms with van der Waals surface area (Å²) in [7, 11) is 0. The highest BCUT2D eigenvalue weighted by Crippen LogP contribution is 2.52. The fraction of sp³-hybridized carbons (Fsp3) is 0.467. The molecule has 0 aromatic heterocycles. The summed E-state index contributed by atoms with van der Waals surface area (Å²) < 4.78 is 108. The van der Waals surface area contributed by atoms with E-state index in [0.717, 1.165) is 24.3 Å². The number of hydrogen-bond acceptors (Lipinski definition) is 2. The van der Waals surface area contributed by atoms with Crippen molar-refractivity contribution in [2.24, 2.45) is 0 Å². The molecule has 29 heavy (non-hydrogen) atoms. The Morgan fingerprint density at radius 1 is 0.724 bits per heavy atom. The maximum Gasteiger partial charge on any atom is 0.360 e. The molecule has 0 saturated heterocycles. The van der Waals surface area contributed by atoms with Crippen molar-refractivity contribution >= 4 is 52.0 Å². The van der Waals surface area contributed by atoms with Crippen molar-refractivity contribution in [1.29, 1.82) is 0 Å². The molecule has 0 aliphatic carbocycles. The maximum absolute atomic E-state index is 13.6. The van der Waals surface area contributed by atoms with E-state index >= 15 is 0 Å². The van der Waals surface area contributed by atoms with E-state index in [2.05, 4.69) is 46.4 Å². The van der Waals surface area contributed by atoms with Crippen molar-refractivity contribution in [2.45, 2.75) is 39.1 Å². The summed E-state index contributed by atoms with van der Waals surface area (Å²) in [6.45, 7) is 0. The van der Waals surface area contributed by atoms with Crippen LogP contribution < -0.4 is 0 Å². The zero-order valence-electron chi connectivity index (χ0n) is 13.6. The quantitative estimate of drug-likeness (QED) is 0.317. The molecule has 0 unspecified atom stereocenters. The second-order valence-corrected chi connectivity index (χ2v) is 7.73. The maximum atomic E-state index is 13.6. The Bertz CT molecular complexity index is 708. The zero-order chi connectivity index (χ0) is 23.1.